The van der Waals surface area contributed by atoms with Gasteiger partial charge in [-0.05, 0) is 57.2 Å². The topological polar surface area (TPSA) is 29.9 Å². The minimum absolute atomic E-state index is 0.522. The minimum Gasteiger partial charge on any atom is -0.316 e. The van der Waals surface area contributed by atoms with E-state index in [2.05, 4.69) is 43.0 Å². The van der Waals surface area contributed by atoms with E-state index in [1.807, 2.05) is 0 Å². The van der Waals surface area contributed by atoms with E-state index in [9.17, 15) is 0 Å². The first-order valence-electron chi connectivity index (χ1n) is 6.95. The highest BCUT2D eigenvalue weighted by Gasteiger charge is 2.22. The van der Waals surface area contributed by atoms with Crippen LogP contribution in [0.1, 0.15) is 45.3 Å². The molecule has 1 N–H and O–H groups in total. The molecule has 96 valence electrons. The molecule has 0 amide bonds. The molecular weight excluding hydrogens is 210 g/mol. The third-order valence-electron chi connectivity index (χ3n) is 4.14. The third kappa shape index (κ3) is 3.09. The van der Waals surface area contributed by atoms with Gasteiger partial charge in [-0.2, -0.15) is 5.10 Å². The van der Waals surface area contributed by atoms with E-state index in [0.717, 1.165) is 31.2 Å². The Kier molecular flexibility index (Phi) is 4.21. The second-order valence-electron chi connectivity index (χ2n) is 5.48. The molecule has 1 aliphatic rings. The fraction of sp³-hybridized carbons (Fsp3) is 0.786. The first kappa shape index (κ1) is 12.6. The number of hydrogen-bond donors (Lipinski definition) is 1. The van der Waals surface area contributed by atoms with Crippen molar-refractivity contribution in [1.29, 1.82) is 0 Å². The van der Waals surface area contributed by atoms with Gasteiger partial charge < -0.3 is 5.32 Å². The van der Waals surface area contributed by atoms with Crippen LogP contribution in [-0.4, -0.2) is 22.9 Å². The second kappa shape index (κ2) is 5.67. The molecule has 1 aliphatic heterocycles. The van der Waals surface area contributed by atoms with Gasteiger partial charge in [-0.3, -0.25) is 4.68 Å². The number of aromatic nitrogens is 2. The molecule has 1 saturated heterocycles. The molecule has 3 nitrogen and oxygen atoms in total. The molecule has 1 aromatic heterocycles. The van der Waals surface area contributed by atoms with Crippen LogP contribution in [0.5, 0.6) is 0 Å². The lowest BCUT2D eigenvalue weighted by molar-refractivity contribution is 0.269. The van der Waals surface area contributed by atoms with Crippen LogP contribution in [0, 0.1) is 11.8 Å². The van der Waals surface area contributed by atoms with E-state index < -0.39 is 0 Å². The molecule has 0 radical (unpaired) electrons. The molecule has 1 fully saturated rings. The van der Waals surface area contributed by atoms with Gasteiger partial charge >= 0.3 is 0 Å². The van der Waals surface area contributed by atoms with Crippen molar-refractivity contribution in [2.24, 2.45) is 11.8 Å². The van der Waals surface area contributed by atoms with Crippen LogP contribution >= 0.6 is 0 Å². The highest BCUT2D eigenvalue weighted by Crippen LogP contribution is 2.23. The Hall–Kier alpha value is -0.830. The van der Waals surface area contributed by atoms with Gasteiger partial charge in [-0.25, -0.2) is 0 Å². The number of nitrogens with zero attached hydrogens (tertiary/aromatic N) is 2. The molecular formula is C14H25N3. The lowest BCUT2D eigenvalue weighted by Crippen LogP contribution is -2.36. The van der Waals surface area contributed by atoms with Crippen molar-refractivity contribution in [2.45, 2.75) is 46.1 Å². The smallest absolute Gasteiger partial charge is 0.0627 e. The predicted molar refractivity (Wildman–Crippen MR) is 71.1 cm³/mol. The van der Waals surface area contributed by atoms with Gasteiger partial charge in [0.05, 0.1) is 5.69 Å². The second-order valence-corrected chi connectivity index (χ2v) is 5.48. The molecule has 3 unspecified atom stereocenters. The normalized spacial score (nSPS) is 27.0. The van der Waals surface area contributed by atoms with Crippen molar-refractivity contribution in [1.82, 2.24) is 15.1 Å². The Bertz CT molecular complexity index is 345. The van der Waals surface area contributed by atoms with Crippen molar-refractivity contribution in [3.05, 3.63) is 18.0 Å². The van der Waals surface area contributed by atoms with Gasteiger partial charge in [-0.1, -0.05) is 13.8 Å². The summed E-state index contributed by atoms with van der Waals surface area (Å²) in [4.78, 5) is 0. The van der Waals surface area contributed by atoms with E-state index in [0.29, 0.717) is 6.04 Å². The summed E-state index contributed by atoms with van der Waals surface area (Å²) < 4.78 is 2.11. The zero-order valence-corrected chi connectivity index (χ0v) is 11.3. The monoisotopic (exact) mass is 235 g/mol. The fourth-order valence-electron chi connectivity index (χ4n) is 2.56. The average Bonchev–Trinajstić information content (AvgIpc) is 2.80. The van der Waals surface area contributed by atoms with E-state index in [4.69, 9.17) is 5.10 Å². The molecule has 2 heterocycles. The van der Waals surface area contributed by atoms with Crippen molar-refractivity contribution in [2.75, 3.05) is 13.1 Å². The van der Waals surface area contributed by atoms with Gasteiger partial charge in [0, 0.05) is 12.2 Å². The SMILES string of the molecule is CCC(C)n1ccc(CC2CCNCC2C)n1. The van der Waals surface area contributed by atoms with E-state index >= 15 is 0 Å². The average molecular weight is 235 g/mol. The standard InChI is InChI=1S/C14H25N3/c1-4-12(3)17-8-6-14(16-17)9-13-5-7-15-10-11(13)2/h6,8,11-13,15H,4-5,7,9-10H2,1-3H3. The highest BCUT2D eigenvalue weighted by molar-refractivity contribution is 5.02. The van der Waals surface area contributed by atoms with E-state index in [-0.39, 0.29) is 0 Å². The van der Waals surface area contributed by atoms with Gasteiger partial charge in [0.1, 0.15) is 0 Å². The maximum Gasteiger partial charge on any atom is 0.0627 e. The van der Waals surface area contributed by atoms with Crippen LogP contribution in [0.3, 0.4) is 0 Å². The number of hydrogen-bond acceptors (Lipinski definition) is 2. The largest absolute Gasteiger partial charge is 0.316 e. The van der Waals surface area contributed by atoms with Crippen LogP contribution in [0.15, 0.2) is 12.3 Å². The van der Waals surface area contributed by atoms with Crippen molar-refractivity contribution < 1.29 is 0 Å². The summed E-state index contributed by atoms with van der Waals surface area (Å²) in [5.74, 6) is 1.58. The van der Waals surface area contributed by atoms with Gasteiger partial charge in [0.25, 0.3) is 0 Å². The molecule has 17 heavy (non-hydrogen) atoms. The molecule has 0 spiro atoms. The summed E-state index contributed by atoms with van der Waals surface area (Å²) in [6.07, 6.45) is 5.71. The molecule has 0 saturated carbocycles. The molecule has 0 aliphatic carbocycles. The van der Waals surface area contributed by atoms with Crippen LogP contribution in [0.25, 0.3) is 0 Å². The fourth-order valence-corrected chi connectivity index (χ4v) is 2.56. The molecule has 2 rings (SSSR count). The van der Waals surface area contributed by atoms with Crippen LogP contribution < -0.4 is 5.32 Å². The van der Waals surface area contributed by atoms with Crippen LogP contribution in [0.2, 0.25) is 0 Å². The van der Waals surface area contributed by atoms with Crippen molar-refractivity contribution in [3.63, 3.8) is 0 Å². The van der Waals surface area contributed by atoms with Gasteiger partial charge in [0.2, 0.25) is 0 Å². The zero-order valence-electron chi connectivity index (χ0n) is 11.3. The molecule has 0 bridgehead atoms. The summed E-state index contributed by atoms with van der Waals surface area (Å²) in [6, 6.07) is 2.72. The third-order valence-corrected chi connectivity index (χ3v) is 4.14. The summed E-state index contributed by atoms with van der Waals surface area (Å²) in [5, 5.41) is 8.16. The molecule has 1 aromatic rings. The van der Waals surface area contributed by atoms with Crippen LogP contribution in [0.4, 0.5) is 0 Å². The first-order valence-corrected chi connectivity index (χ1v) is 6.95. The lowest BCUT2D eigenvalue weighted by Gasteiger charge is -2.28. The highest BCUT2D eigenvalue weighted by atomic mass is 15.3. The Morgan fingerprint density at radius 2 is 2.41 bits per heavy atom. The maximum absolute atomic E-state index is 4.71. The quantitative estimate of drug-likeness (QED) is 0.869. The molecule has 3 atom stereocenters. The van der Waals surface area contributed by atoms with Crippen molar-refractivity contribution >= 4 is 0 Å². The number of piperidine rings is 1. The van der Waals surface area contributed by atoms with Crippen LogP contribution in [-0.2, 0) is 6.42 Å². The molecule has 3 heteroatoms. The summed E-state index contributed by atoms with van der Waals surface area (Å²) >= 11 is 0. The van der Waals surface area contributed by atoms with E-state index in [1.54, 1.807) is 0 Å². The predicted octanol–water partition coefficient (Wildman–Crippen LogP) is 2.64. The summed E-state index contributed by atoms with van der Waals surface area (Å²) in [5.41, 5.74) is 1.27. The van der Waals surface area contributed by atoms with Gasteiger partial charge in [0.15, 0.2) is 0 Å². The Balaban J connectivity index is 1.96. The number of nitrogens with one attached hydrogen (secondary N) is 1. The van der Waals surface area contributed by atoms with Gasteiger partial charge in [-0.15, -0.1) is 0 Å². The maximum atomic E-state index is 4.71. The Labute approximate surface area is 105 Å². The number of rotatable bonds is 4. The molecule has 0 aromatic carbocycles. The van der Waals surface area contributed by atoms with Crippen molar-refractivity contribution in [3.8, 4) is 0 Å². The Morgan fingerprint density at radius 3 is 3.12 bits per heavy atom. The zero-order chi connectivity index (χ0) is 12.3. The lowest BCUT2D eigenvalue weighted by atomic mass is 9.84. The minimum atomic E-state index is 0.522. The first-order chi connectivity index (χ1) is 8.20. The van der Waals surface area contributed by atoms with E-state index in [1.165, 1.54) is 18.7 Å². The Morgan fingerprint density at radius 1 is 1.59 bits per heavy atom. The summed E-state index contributed by atoms with van der Waals surface area (Å²) in [6.45, 7) is 9.12. The summed E-state index contributed by atoms with van der Waals surface area (Å²) in [7, 11) is 0.